The Balaban J connectivity index is 1.62. The van der Waals surface area contributed by atoms with Crippen molar-refractivity contribution >= 4 is 11.8 Å². The molecule has 0 spiro atoms. The van der Waals surface area contributed by atoms with Gasteiger partial charge in [0.25, 0.3) is 0 Å². The van der Waals surface area contributed by atoms with Crippen molar-refractivity contribution in [3.05, 3.63) is 102 Å². The fourth-order valence-corrected chi connectivity index (χ4v) is 3.09. The van der Waals surface area contributed by atoms with Crippen molar-refractivity contribution in [2.24, 2.45) is 0 Å². The molecule has 0 aliphatic carbocycles. The van der Waals surface area contributed by atoms with Crippen molar-refractivity contribution in [2.75, 3.05) is 17.3 Å². The second-order valence-corrected chi connectivity index (χ2v) is 6.85. The minimum Gasteiger partial charge on any atom is -0.355 e. The Labute approximate surface area is 171 Å². The van der Waals surface area contributed by atoms with E-state index in [0.717, 1.165) is 29.2 Å². The zero-order chi connectivity index (χ0) is 19.9. The molecule has 0 aliphatic rings. The Morgan fingerprint density at radius 2 is 1.48 bits per heavy atom. The van der Waals surface area contributed by atoms with Crippen LogP contribution in [0.1, 0.15) is 11.1 Å². The van der Waals surface area contributed by atoms with Gasteiger partial charge in [-0.1, -0.05) is 60.7 Å². The first-order valence-electron chi connectivity index (χ1n) is 9.60. The van der Waals surface area contributed by atoms with Crippen LogP contribution in [0.2, 0.25) is 0 Å². The molecule has 4 rings (SSSR count). The van der Waals surface area contributed by atoms with Crippen LogP contribution in [0.15, 0.2) is 91.3 Å². The van der Waals surface area contributed by atoms with Crippen molar-refractivity contribution in [3.8, 4) is 11.3 Å². The molecular weight excluding hydrogens is 358 g/mol. The molecule has 4 aromatic rings. The largest absolute Gasteiger partial charge is 0.355 e. The second-order valence-electron chi connectivity index (χ2n) is 6.85. The summed E-state index contributed by atoms with van der Waals surface area (Å²) in [5.74, 6) is 1.48. The number of anilines is 2. The number of nitrogens with zero attached hydrogens (tertiary/aromatic N) is 4. The molecule has 1 N–H and O–H groups in total. The van der Waals surface area contributed by atoms with Gasteiger partial charge in [0.05, 0.1) is 5.69 Å². The lowest BCUT2D eigenvalue weighted by atomic mass is 10.1. The maximum absolute atomic E-state index is 4.76. The van der Waals surface area contributed by atoms with E-state index in [4.69, 9.17) is 9.97 Å². The van der Waals surface area contributed by atoms with E-state index >= 15 is 0 Å². The molecule has 144 valence electrons. The zero-order valence-electron chi connectivity index (χ0n) is 16.4. The Morgan fingerprint density at radius 3 is 2.21 bits per heavy atom. The van der Waals surface area contributed by atoms with E-state index in [2.05, 4.69) is 58.6 Å². The molecule has 2 heterocycles. The van der Waals surface area contributed by atoms with Gasteiger partial charge in [-0.15, -0.1) is 0 Å². The van der Waals surface area contributed by atoms with Gasteiger partial charge in [0, 0.05) is 44.2 Å². The van der Waals surface area contributed by atoms with E-state index in [1.807, 2.05) is 42.5 Å². The summed E-state index contributed by atoms with van der Waals surface area (Å²) in [6.07, 6.45) is 3.58. The monoisotopic (exact) mass is 381 g/mol. The third-order valence-corrected chi connectivity index (χ3v) is 4.64. The van der Waals surface area contributed by atoms with Crippen LogP contribution < -0.4 is 10.2 Å². The highest BCUT2D eigenvalue weighted by molar-refractivity contribution is 5.64. The van der Waals surface area contributed by atoms with Gasteiger partial charge in [-0.25, -0.2) is 4.98 Å². The predicted octanol–water partition coefficient (Wildman–Crippen LogP) is 4.79. The fraction of sp³-hybridized carbons (Fsp3) is 0.125. The Hall–Kier alpha value is -3.73. The van der Waals surface area contributed by atoms with Crippen LogP contribution in [0, 0.1) is 0 Å². The summed E-state index contributed by atoms with van der Waals surface area (Å²) in [6.45, 7) is 1.42. The first kappa shape index (κ1) is 18.6. The highest BCUT2D eigenvalue weighted by atomic mass is 15.2. The van der Waals surface area contributed by atoms with Gasteiger partial charge < -0.3 is 10.2 Å². The number of rotatable bonds is 7. The molecule has 0 radical (unpaired) electrons. The number of aromatic nitrogens is 3. The average molecular weight is 381 g/mol. The molecule has 0 saturated heterocycles. The summed E-state index contributed by atoms with van der Waals surface area (Å²) in [4.78, 5) is 15.7. The predicted molar refractivity (Wildman–Crippen MR) is 118 cm³/mol. The molecule has 5 nitrogen and oxygen atoms in total. The number of pyridine rings is 1. The van der Waals surface area contributed by atoms with Crippen LogP contribution >= 0.6 is 0 Å². The quantitative estimate of drug-likeness (QED) is 0.499. The molecule has 0 amide bonds. The first-order valence-corrected chi connectivity index (χ1v) is 9.60. The third-order valence-electron chi connectivity index (χ3n) is 4.64. The Bertz CT molecular complexity index is 1040. The molecule has 2 aromatic heterocycles. The van der Waals surface area contributed by atoms with Crippen molar-refractivity contribution in [1.82, 2.24) is 15.0 Å². The maximum Gasteiger partial charge on any atom is 0.225 e. The molecular formula is C24H23N5. The summed E-state index contributed by atoms with van der Waals surface area (Å²) in [6, 6.07) is 26.6. The van der Waals surface area contributed by atoms with Crippen molar-refractivity contribution in [1.29, 1.82) is 0 Å². The van der Waals surface area contributed by atoms with Gasteiger partial charge in [-0.3, -0.25) is 4.98 Å². The van der Waals surface area contributed by atoms with Crippen LogP contribution in [-0.4, -0.2) is 22.0 Å². The summed E-state index contributed by atoms with van der Waals surface area (Å²) < 4.78 is 0. The van der Waals surface area contributed by atoms with Gasteiger partial charge in [0.15, 0.2) is 0 Å². The van der Waals surface area contributed by atoms with Crippen LogP contribution in [0.4, 0.5) is 11.8 Å². The molecule has 0 aliphatic heterocycles. The van der Waals surface area contributed by atoms with Crippen LogP contribution in [0.25, 0.3) is 11.3 Å². The van der Waals surface area contributed by atoms with E-state index in [1.165, 1.54) is 5.56 Å². The molecule has 29 heavy (non-hydrogen) atoms. The SMILES string of the molecule is CN(Cc1ccccc1)c1cc(-c2ccccc2)nc(NCc2ccncc2)n1. The lowest BCUT2D eigenvalue weighted by Gasteiger charge is -2.20. The molecule has 0 fully saturated rings. The van der Waals surface area contributed by atoms with Gasteiger partial charge >= 0.3 is 0 Å². The van der Waals surface area contributed by atoms with E-state index in [1.54, 1.807) is 12.4 Å². The minimum atomic E-state index is 0.609. The van der Waals surface area contributed by atoms with Crippen LogP contribution in [0.5, 0.6) is 0 Å². The van der Waals surface area contributed by atoms with Crippen LogP contribution in [-0.2, 0) is 13.1 Å². The second kappa shape index (κ2) is 8.97. The van der Waals surface area contributed by atoms with Gasteiger partial charge in [0.2, 0.25) is 5.95 Å². The maximum atomic E-state index is 4.76. The Morgan fingerprint density at radius 1 is 0.793 bits per heavy atom. The first-order chi connectivity index (χ1) is 14.3. The molecule has 0 atom stereocenters. The lowest BCUT2D eigenvalue weighted by molar-refractivity contribution is 0.890. The molecule has 0 unspecified atom stereocenters. The average Bonchev–Trinajstić information content (AvgIpc) is 2.79. The molecule has 0 saturated carbocycles. The summed E-state index contributed by atoms with van der Waals surface area (Å²) in [5, 5.41) is 3.35. The van der Waals surface area contributed by atoms with E-state index < -0.39 is 0 Å². The van der Waals surface area contributed by atoms with Crippen LogP contribution in [0.3, 0.4) is 0 Å². The molecule has 5 heteroatoms. The fourth-order valence-electron chi connectivity index (χ4n) is 3.09. The smallest absolute Gasteiger partial charge is 0.225 e. The number of hydrogen-bond acceptors (Lipinski definition) is 5. The standard InChI is InChI=1S/C24H23N5/c1-29(18-20-8-4-2-5-9-20)23-16-22(21-10-6-3-7-11-21)27-24(28-23)26-17-19-12-14-25-15-13-19/h2-16H,17-18H2,1H3,(H,26,27,28). The Kier molecular flexibility index (Phi) is 5.76. The third kappa shape index (κ3) is 4.96. The van der Waals surface area contributed by atoms with Crippen molar-refractivity contribution < 1.29 is 0 Å². The highest BCUT2D eigenvalue weighted by Gasteiger charge is 2.11. The number of benzene rings is 2. The summed E-state index contributed by atoms with van der Waals surface area (Å²) >= 11 is 0. The zero-order valence-corrected chi connectivity index (χ0v) is 16.4. The normalized spacial score (nSPS) is 10.5. The minimum absolute atomic E-state index is 0.609. The van der Waals surface area contributed by atoms with E-state index in [9.17, 15) is 0 Å². The van der Waals surface area contributed by atoms with Gasteiger partial charge in [-0.2, -0.15) is 4.98 Å². The highest BCUT2D eigenvalue weighted by Crippen LogP contribution is 2.24. The van der Waals surface area contributed by atoms with E-state index in [0.29, 0.717) is 12.5 Å². The number of nitrogens with one attached hydrogen (secondary N) is 1. The van der Waals surface area contributed by atoms with Crippen molar-refractivity contribution in [3.63, 3.8) is 0 Å². The van der Waals surface area contributed by atoms with E-state index in [-0.39, 0.29) is 0 Å². The van der Waals surface area contributed by atoms with Crippen molar-refractivity contribution in [2.45, 2.75) is 13.1 Å². The van der Waals surface area contributed by atoms with Gasteiger partial charge in [0.1, 0.15) is 5.82 Å². The summed E-state index contributed by atoms with van der Waals surface area (Å²) in [7, 11) is 2.05. The number of hydrogen-bond donors (Lipinski definition) is 1. The summed E-state index contributed by atoms with van der Waals surface area (Å²) in [5.41, 5.74) is 4.33. The molecule has 2 aromatic carbocycles. The molecule has 0 bridgehead atoms. The van der Waals surface area contributed by atoms with Gasteiger partial charge in [-0.05, 0) is 23.3 Å². The topological polar surface area (TPSA) is 53.9 Å². The lowest BCUT2D eigenvalue weighted by Crippen LogP contribution is -2.19.